The fraction of sp³-hybridized carbons (Fsp3) is 0.394. The maximum Gasteiger partial charge on any atom is 0.261 e. The fourth-order valence-electron chi connectivity index (χ4n) is 5.47. The third kappa shape index (κ3) is 6.19. The molecule has 1 aliphatic heterocycles. The molecule has 0 aromatic heterocycles. The van der Waals surface area contributed by atoms with E-state index in [1.807, 2.05) is 39.0 Å². The Morgan fingerprint density at radius 1 is 0.842 bits per heavy atom. The fourth-order valence-corrected chi connectivity index (χ4v) is 10.0. The number of hydrogen-bond donors (Lipinski definition) is 0. The van der Waals surface area contributed by atoms with E-state index in [0.717, 1.165) is 11.1 Å². The molecular formula is C33H42O4Si. The summed E-state index contributed by atoms with van der Waals surface area (Å²) in [5, 5.41) is 2.34. The second-order valence-corrected chi connectivity index (χ2v) is 16.0. The zero-order valence-electron chi connectivity index (χ0n) is 23.6. The molecule has 38 heavy (non-hydrogen) atoms. The number of hydrogen-bond acceptors (Lipinski definition) is 4. The Labute approximate surface area is 229 Å². The van der Waals surface area contributed by atoms with Gasteiger partial charge in [-0.05, 0) is 47.3 Å². The van der Waals surface area contributed by atoms with E-state index in [1.165, 1.54) is 10.4 Å². The van der Waals surface area contributed by atoms with Crippen LogP contribution in [-0.2, 0) is 25.2 Å². The highest BCUT2D eigenvalue weighted by molar-refractivity contribution is 6.99. The van der Waals surface area contributed by atoms with Crippen LogP contribution in [0.15, 0.2) is 103 Å². The average Bonchev–Trinajstić information content (AvgIpc) is 2.89. The smallest absolute Gasteiger partial charge is 0.261 e. The minimum absolute atomic E-state index is 0.134. The SMILES string of the molecule is C=C(C)[C@H]1OC(C)(C)O[C@@H](CO[Si](c2ccccc2)(c2ccccc2)C(C)(C)C)[C@@H]1OCc1ccccc1. The third-order valence-electron chi connectivity index (χ3n) is 7.16. The van der Waals surface area contributed by atoms with Crippen LogP contribution in [0.1, 0.15) is 47.1 Å². The van der Waals surface area contributed by atoms with Crippen molar-refractivity contribution in [2.45, 2.75) is 77.3 Å². The number of rotatable bonds is 9. The van der Waals surface area contributed by atoms with Crippen LogP contribution in [0.2, 0.25) is 5.04 Å². The summed E-state index contributed by atoms with van der Waals surface area (Å²) < 4.78 is 26.7. The minimum atomic E-state index is -2.74. The molecule has 0 amide bonds. The summed E-state index contributed by atoms with van der Waals surface area (Å²) >= 11 is 0. The summed E-state index contributed by atoms with van der Waals surface area (Å²) in [7, 11) is -2.74. The number of benzene rings is 3. The monoisotopic (exact) mass is 530 g/mol. The number of ether oxygens (including phenoxy) is 3. The Morgan fingerprint density at radius 3 is 1.82 bits per heavy atom. The Morgan fingerprint density at radius 2 is 1.34 bits per heavy atom. The van der Waals surface area contributed by atoms with Crippen LogP contribution < -0.4 is 10.4 Å². The molecule has 0 spiro atoms. The lowest BCUT2D eigenvalue weighted by atomic mass is 9.99. The maximum atomic E-state index is 7.26. The van der Waals surface area contributed by atoms with Gasteiger partial charge in [0.05, 0.1) is 13.2 Å². The van der Waals surface area contributed by atoms with Gasteiger partial charge in [0.1, 0.15) is 18.3 Å². The molecule has 1 fully saturated rings. The molecule has 0 unspecified atom stereocenters. The first-order chi connectivity index (χ1) is 18.0. The zero-order chi connectivity index (χ0) is 27.4. The van der Waals surface area contributed by atoms with Crippen molar-refractivity contribution in [1.29, 1.82) is 0 Å². The first-order valence-corrected chi connectivity index (χ1v) is 15.4. The quantitative estimate of drug-likeness (QED) is 0.242. The Hall–Kier alpha value is -2.54. The molecule has 3 aromatic rings. The summed E-state index contributed by atoms with van der Waals surface area (Å²) in [5.74, 6) is -0.796. The van der Waals surface area contributed by atoms with Crippen molar-refractivity contribution in [3.05, 3.63) is 109 Å². The summed E-state index contributed by atoms with van der Waals surface area (Å²) in [4.78, 5) is 0. The van der Waals surface area contributed by atoms with E-state index in [4.69, 9.17) is 18.6 Å². The highest BCUT2D eigenvalue weighted by Crippen LogP contribution is 2.38. The van der Waals surface area contributed by atoms with Gasteiger partial charge in [-0.25, -0.2) is 0 Å². The maximum absolute atomic E-state index is 7.26. The van der Waals surface area contributed by atoms with Crippen LogP contribution in [0.3, 0.4) is 0 Å². The molecule has 0 bridgehead atoms. The van der Waals surface area contributed by atoms with Gasteiger partial charge in [-0.15, -0.1) is 0 Å². The molecular weight excluding hydrogens is 488 g/mol. The molecule has 0 N–H and O–H groups in total. The van der Waals surface area contributed by atoms with Crippen LogP contribution in [0.4, 0.5) is 0 Å². The van der Waals surface area contributed by atoms with Crippen LogP contribution in [-0.4, -0.2) is 39.0 Å². The second kappa shape index (κ2) is 11.7. The van der Waals surface area contributed by atoms with Crippen molar-refractivity contribution in [1.82, 2.24) is 0 Å². The first kappa shape index (κ1) is 28.5. The molecule has 3 atom stereocenters. The van der Waals surface area contributed by atoms with Gasteiger partial charge in [-0.1, -0.05) is 118 Å². The van der Waals surface area contributed by atoms with E-state index >= 15 is 0 Å². The standard InChI is InChI=1S/C33H42O4Si/c1-25(2)30-31(34-23-26-17-11-8-12-18-26)29(36-33(6,7)37-30)24-35-38(32(3,4)5,27-19-13-9-14-20-27)28-21-15-10-16-22-28/h8-22,29-31H,1,23-24H2,2-7H3/t29-,30+,31-/m0/s1. The molecule has 1 saturated heterocycles. The minimum Gasteiger partial charge on any atom is -0.405 e. The van der Waals surface area contributed by atoms with Gasteiger partial charge in [-0.3, -0.25) is 0 Å². The topological polar surface area (TPSA) is 36.9 Å². The zero-order valence-corrected chi connectivity index (χ0v) is 24.6. The predicted molar refractivity (Wildman–Crippen MR) is 157 cm³/mol. The highest BCUT2D eigenvalue weighted by Gasteiger charge is 2.52. The Kier molecular flexibility index (Phi) is 8.75. The van der Waals surface area contributed by atoms with Gasteiger partial charge in [0, 0.05) is 0 Å². The van der Waals surface area contributed by atoms with Crippen molar-refractivity contribution < 1.29 is 18.6 Å². The predicted octanol–water partition coefficient (Wildman–Crippen LogP) is 6.24. The van der Waals surface area contributed by atoms with Crippen LogP contribution in [0, 0.1) is 0 Å². The second-order valence-electron chi connectivity index (χ2n) is 11.7. The van der Waals surface area contributed by atoms with Crippen LogP contribution in [0.25, 0.3) is 0 Å². The normalized spacial score (nSPS) is 21.7. The van der Waals surface area contributed by atoms with E-state index in [-0.39, 0.29) is 23.4 Å². The lowest BCUT2D eigenvalue weighted by Gasteiger charge is -2.48. The molecule has 5 heteroatoms. The van der Waals surface area contributed by atoms with E-state index in [0.29, 0.717) is 13.2 Å². The third-order valence-corrected chi connectivity index (χ3v) is 12.2. The summed E-state index contributed by atoms with van der Waals surface area (Å²) in [6, 6.07) is 31.6. The van der Waals surface area contributed by atoms with Gasteiger partial charge in [0.25, 0.3) is 8.32 Å². The molecule has 0 saturated carbocycles. The van der Waals surface area contributed by atoms with Gasteiger partial charge in [0.2, 0.25) is 0 Å². The highest BCUT2D eigenvalue weighted by atomic mass is 28.4. The summed E-state index contributed by atoms with van der Waals surface area (Å²) in [6.07, 6.45) is -1.01. The van der Waals surface area contributed by atoms with Crippen LogP contribution in [0.5, 0.6) is 0 Å². The molecule has 4 rings (SSSR count). The Bertz CT molecular complexity index is 1130. The molecule has 1 heterocycles. The van der Waals surface area contributed by atoms with Gasteiger partial charge >= 0.3 is 0 Å². The molecule has 3 aromatic carbocycles. The van der Waals surface area contributed by atoms with Crippen molar-refractivity contribution >= 4 is 18.7 Å². The average molecular weight is 531 g/mol. The molecule has 202 valence electrons. The van der Waals surface area contributed by atoms with E-state index in [9.17, 15) is 0 Å². The molecule has 0 aliphatic carbocycles. The van der Waals surface area contributed by atoms with Gasteiger partial charge < -0.3 is 18.6 Å². The van der Waals surface area contributed by atoms with Crippen LogP contribution >= 0.6 is 0 Å². The van der Waals surface area contributed by atoms with E-state index in [2.05, 4.69) is 100 Å². The van der Waals surface area contributed by atoms with Gasteiger partial charge in [0.15, 0.2) is 5.79 Å². The summed E-state index contributed by atoms with van der Waals surface area (Å²) in [5.41, 5.74) is 2.01. The van der Waals surface area contributed by atoms with E-state index < -0.39 is 14.1 Å². The lowest BCUT2D eigenvalue weighted by Crippen LogP contribution is -2.68. The van der Waals surface area contributed by atoms with Crippen molar-refractivity contribution in [3.63, 3.8) is 0 Å². The first-order valence-electron chi connectivity index (χ1n) is 13.4. The van der Waals surface area contributed by atoms with Gasteiger partial charge in [-0.2, -0.15) is 0 Å². The Balaban J connectivity index is 1.71. The van der Waals surface area contributed by atoms with Crippen molar-refractivity contribution in [2.24, 2.45) is 0 Å². The molecule has 1 aliphatic rings. The molecule has 0 radical (unpaired) electrons. The summed E-state index contributed by atoms with van der Waals surface area (Å²) in [6.45, 7) is 17.8. The largest absolute Gasteiger partial charge is 0.405 e. The lowest BCUT2D eigenvalue weighted by molar-refractivity contribution is -0.335. The molecule has 4 nitrogen and oxygen atoms in total. The van der Waals surface area contributed by atoms with E-state index in [1.54, 1.807) is 0 Å². The van der Waals surface area contributed by atoms with Crippen molar-refractivity contribution in [2.75, 3.05) is 6.61 Å². The van der Waals surface area contributed by atoms with Crippen molar-refractivity contribution in [3.8, 4) is 0 Å².